The molecule has 1 aromatic rings. The highest BCUT2D eigenvalue weighted by Crippen LogP contribution is 2.39. The molecule has 0 atom stereocenters. The standard InChI is InChI=1S/C13H20BrN3O/c1-3-9-10(14)11(15)17-12(16-9)13(18-2)7-5-4-6-8-13/h3-8H2,1-2H3,(H2,15,16,17). The van der Waals surface area contributed by atoms with Gasteiger partial charge in [-0.3, -0.25) is 0 Å². The average molecular weight is 314 g/mol. The fourth-order valence-electron chi connectivity index (χ4n) is 2.59. The van der Waals surface area contributed by atoms with Gasteiger partial charge in [0.25, 0.3) is 0 Å². The van der Waals surface area contributed by atoms with Crippen LogP contribution in [0.15, 0.2) is 4.47 Å². The van der Waals surface area contributed by atoms with Crippen molar-refractivity contribution in [2.24, 2.45) is 0 Å². The van der Waals surface area contributed by atoms with Crippen LogP contribution in [0.1, 0.15) is 50.5 Å². The lowest BCUT2D eigenvalue weighted by Gasteiger charge is -2.34. The lowest BCUT2D eigenvalue weighted by Crippen LogP contribution is -2.34. The summed E-state index contributed by atoms with van der Waals surface area (Å²) < 4.78 is 6.58. The zero-order valence-corrected chi connectivity index (χ0v) is 12.6. The van der Waals surface area contributed by atoms with Gasteiger partial charge in [-0.2, -0.15) is 0 Å². The lowest BCUT2D eigenvalue weighted by molar-refractivity contribution is -0.0515. The maximum atomic E-state index is 5.96. The molecule has 0 amide bonds. The number of halogens is 1. The Labute approximate surface area is 116 Å². The van der Waals surface area contributed by atoms with Gasteiger partial charge in [-0.25, -0.2) is 9.97 Å². The molecule has 0 saturated heterocycles. The first-order valence-corrected chi connectivity index (χ1v) is 7.30. The summed E-state index contributed by atoms with van der Waals surface area (Å²) >= 11 is 3.45. The summed E-state index contributed by atoms with van der Waals surface area (Å²) in [5, 5.41) is 0. The minimum Gasteiger partial charge on any atom is -0.383 e. The third-order valence-electron chi connectivity index (χ3n) is 3.74. The largest absolute Gasteiger partial charge is 0.383 e. The quantitative estimate of drug-likeness (QED) is 0.931. The van der Waals surface area contributed by atoms with Crippen LogP contribution in [-0.4, -0.2) is 17.1 Å². The third-order valence-corrected chi connectivity index (χ3v) is 4.60. The average Bonchev–Trinajstić information content (AvgIpc) is 2.42. The number of nitrogens with zero attached hydrogens (tertiary/aromatic N) is 2. The predicted molar refractivity (Wildman–Crippen MR) is 75.3 cm³/mol. The van der Waals surface area contributed by atoms with E-state index in [9.17, 15) is 0 Å². The second-order valence-electron chi connectivity index (χ2n) is 4.81. The summed E-state index contributed by atoms with van der Waals surface area (Å²) in [5.74, 6) is 1.26. The second kappa shape index (κ2) is 5.53. The molecule has 2 rings (SSSR count). The molecule has 5 heteroatoms. The van der Waals surface area contributed by atoms with Crippen LogP contribution in [0.4, 0.5) is 5.82 Å². The SMILES string of the molecule is CCc1nc(C2(OC)CCCCC2)nc(N)c1Br. The van der Waals surface area contributed by atoms with Crippen LogP contribution in [0, 0.1) is 0 Å². The van der Waals surface area contributed by atoms with Gasteiger partial charge in [-0.15, -0.1) is 0 Å². The van der Waals surface area contributed by atoms with Gasteiger partial charge >= 0.3 is 0 Å². The van der Waals surface area contributed by atoms with E-state index in [4.69, 9.17) is 10.5 Å². The van der Waals surface area contributed by atoms with E-state index in [1.165, 1.54) is 6.42 Å². The number of nitrogens with two attached hydrogens (primary N) is 1. The van der Waals surface area contributed by atoms with Crippen LogP contribution in [-0.2, 0) is 16.8 Å². The smallest absolute Gasteiger partial charge is 0.162 e. The molecule has 0 aliphatic heterocycles. The number of anilines is 1. The zero-order chi connectivity index (χ0) is 13.2. The molecule has 18 heavy (non-hydrogen) atoms. The van der Waals surface area contributed by atoms with E-state index in [0.717, 1.165) is 48.1 Å². The normalized spacial score (nSPS) is 18.8. The molecule has 2 N–H and O–H groups in total. The monoisotopic (exact) mass is 313 g/mol. The van der Waals surface area contributed by atoms with Gasteiger partial charge < -0.3 is 10.5 Å². The summed E-state index contributed by atoms with van der Waals surface area (Å²) in [6, 6.07) is 0. The highest BCUT2D eigenvalue weighted by Gasteiger charge is 2.37. The molecular formula is C13H20BrN3O. The van der Waals surface area contributed by atoms with Crippen molar-refractivity contribution >= 4 is 21.7 Å². The molecule has 0 unspecified atom stereocenters. The topological polar surface area (TPSA) is 61.0 Å². The number of nitrogen functional groups attached to an aromatic ring is 1. The van der Waals surface area contributed by atoms with Gasteiger partial charge in [0.05, 0.1) is 10.2 Å². The Hall–Kier alpha value is -0.680. The van der Waals surface area contributed by atoms with Crippen molar-refractivity contribution in [3.63, 3.8) is 0 Å². The van der Waals surface area contributed by atoms with Crippen LogP contribution in [0.3, 0.4) is 0 Å². The van der Waals surface area contributed by atoms with Crippen molar-refractivity contribution in [2.75, 3.05) is 12.8 Å². The Bertz CT molecular complexity index is 430. The number of aromatic nitrogens is 2. The summed E-state index contributed by atoms with van der Waals surface area (Å²) in [5.41, 5.74) is 6.59. The molecule has 1 heterocycles. The van der Waals surface area contributed by atoms with Crippen molar-refractivity contribution < 1.29 is 4.74 Å². The molecular weight excluding hydrogens is 294 g/mol. The zero-order valence-electron chi connectivity index (χ0n) is 11.0. The molecule has 4 nitrogen and oxygen atoms in total. The van der Waals surface area contributed by atoms with Gasteiger partial charge in [0, 0.05) is 7.11 Å². The van der Waals surface area contributed by atoms with Crippen LogP contribution in [0.2, 0.25) is 0 Å². The van der Waals surface area contributed by atoms with Crippen molar-refractivity contribution in [1.82, 2.24) is 9.97 Å². The second-order valence-corrected chi connectivity index (χ2v) is 5.60. The first-order valence-electron chi connectivity index (χ1n) is 6.50. The third kappa shape index (κ3) is 2.38. The maximum absolute atomic E-state index is 5.96. The van der Waals surface area contributed by atoms with E-state index >= 15 is 0 Å². The molecule has 1 aliphatic rings. The molecule has 100 valence electrons. The Morgan fingerprint density at radius 1 is 1.28 bits per heavy atom. The van der Waals surface area contributed by atoms with Crippen molar-refractivity contribution in [2.45, 2.75) is 51.0 Å². The highest BCUT2D eigenvalue weighted by atomic mass is 79.9. The number of aryl methyl sites for hydroxylation is 1. The van der Waals surface area contributed by atoms with E-state index in [-0.39, 0.29) is 5.60 Å². The molecule has 0 aromatic carbocycles. The lowest BCUT2D eigenvalue weighted by atomic mass is 9.84. The summed E-state index contributed by atoms with van der Waals surface area (Å²) in [4.78, 5) is 9.10. The fraction of sp³-hybridized carbons (Fsp3) is 0.692. The first-order chi connectivity index (χ1) is 8.63. The van der Waals surface area contributed by atoms with E-state index < -0.39 is 0 Å². The molecule has 1 aliphatic carbocycles. The number of hydrogen-bond acceptors (Lipinski definition) is 4. The van der Waals surface area contributed by atoms with Gasteiger partial charge in [-0.05, 0) is 35.2 Å². The predicted octanol–water partition coefficient (Wildman–Crippen LogP) is 3.19. The van der Waals surface area contributed by atoms with Crippen molar-refractivity contribution in [1.29, 1.82) is 0 Å². The van der Waals surface area contributed by atoms with Gasteiger partial charge in [0.2, 0.25) is 0 Å². The molecule has 0 radical (unpaired) electrons. The molecule has 0 bridgehead atoms. The van der Waals surface area contributed by atoms with Crippen LogP contribution in [0.5, 0.6) is 0 Å². The number of rotatable bonds is 3. The van der Waals surface area contributed by atoms with Crippen LogP contribution < -0.4 is 5.73 Å². The van der Waals surface area contributed by atoms with Gasteiger partial charge in [0.1, 0.15) is 11.4 Å². The molecule has 0 spiro atoms. The first kappa shape index (κ1) is 13.7. The number of ether oxygens (including phenoxy) is 1. The maximum Gasteiger partial charge on any atom is 0.162 e. The van der Waals surface area contributed by atoms with E-state index in [1.807, 2.05) is 0 Å². The fourth-order valence-corrected chi connectivity index (χ4v) is 3.05. The van der Waals surface area contributed by atoms with Gasteiger partial charge in [-0.1, -0.05) is 26.2 Å². The minimum atomic E-state index is -0.336. The molecule has 1 saturated carbocycles. The molecule has 1 aromatic heterocycles. The molecule has 1 fully saturated rings. The number of methoxy groups -OCH3 is 1. The van der Waals surface area contributed by atoms with E-state index in [0.29, 0.717) is 5.82 Å². The van der Waals surface area contributed by atoms with Crippen molar-refractivity contribution in [3.05, 3.63) is 16.0 Å². The van der Waals surface area contributed by atoms with Crippen molar-refractivity contribution in [3.8, 4) is 0 Å². The van der Waals surface area contributed by atoms with E-state index in [2.05, 4.69) is 32.8 Å². The summed E-state index contributed by atoms with van der Waals surface area (Å²) in [6.45, 7) is 2.07. The highest BCUT2D eigenvalue weighted by molar-refractivity contribution is 9.10. The Kier molecular flexibility index (Phi) is 4.22. The Balaban J connectivity index is 2.45. The van der Waals surface area contributed by atoms with Crippen LogP contribution in [0.25, 0.3) is 0 Å². The minimum absolute atomic E-state index is 0.336. The summed E-state index contributed by atoms with van der Waals surface area (Å²) in [7, 11) is 1.75. The Morgan fingerprint density at radius 2 is 1.94 bits per heavy atom. The van der Waals surface area contributed by atoms with E-state index in [1.54, 1.807) is 7.11 Å². The van der Waals surface area contributed by atoms with Gasteiger partial charge in [0.15, 0.2) is 5.82 Å². The number of hydrogen-bond donors (Lipinski definition) is 1. The summed E-state index contributed by atoms with van der Waals surface area (Å²) in [6.07, 6.45) is 6.38. The van der Waals surface area contributed by atoms with Crippen LogP contribution >= 0.6 is 15.9 Å². The Morgan fingerprint density at radius 3 is 2.50 bits per heavy atom.